The molecule has 130 valence electrons. The summed E-state index contributed by atoms with van der Waals surface area (Å²) < 4.78 is 0. The largest absolute Gasteiger partial charge is 0.299 e. The molecule has 0 aromatic carbocycles. The Balaban J connectivity index is 3.05. The molecule has 0 fully saturated rings. The van der Waals surface area contributed by atoms with Crippen LogP contribution in [0.5, 0.6) is 0 Å². The Bertz CT molecular complexity index is 255. The molecule has 1 heteroatoms. The fourth-order valence-electron chi connectivity index (χ4n) is 2.97. The van der Waals surface area contributed by atoms with Gasteiger partial charge in [-0.2, -0.15) is 0 Å². The number of allylic oxidation sites excluding steroid dienone is 2. The Morgan fingerprint density at radius 1 is 0.636 bits per heavy atom. The quantitative estimate of drug-likeness (QED) is 0.155. The van der Waals surface area contributed by atoms with Crippen LogP contribution in [0.1, 0.15) is 117 Å². The van der Waals surface area contributed by atoms with Crippen molar-refractivity contribution in [2.24, 2.45) is 0 Å². The summed E-state index contributed by atoms with van der Waals surface area (Å²) in [6, 6.07) is 0. The van der Waals surface area contributed by atoms with Crippen LogP contribution in [0.2, 0.25) is 0 Å². The van der Waals surface area contributed by atoms with Gasteiger partial charge < -0.3 is 0 Å². The fraction of sp³-hybridized carbons (Fsp3) is 0.857. The molecule has 0 aliphatic rings. The molecule has 0 radical (unpaired) electrons. The highest BCUT2D eigenvalue weighted by Gasteiger charge is 1.95. The first kappa shape index (κ1) is 21.4. The van der Waals surface area contributed by atoms with E-state index in [1.807, 2.05) is 0 Å². The van der Waals surface area contributed by atoms with Crippen molar-refractivity contribution in [2.75, 3.05) is 0 Å². The summed E-state index contributed by atoms with van der Waals surface area (Å²) in [6.45, 7) is 4.34. The first-order valence-corrected chi connectivity index (χ1v) is 9.92. The molecule has 0 rings (SSSR count). The molecular formula is C21H40O. The summed E-state index contributed by atoms with van der Waals surface area (Å²) in [4.78, 5) is 10.3. The number of carbonyl (C=O) groups is 1. The summed E-state index contributed by atoms with van der Waals surface area (Å²) >= 11 is 0. The topological polar surface area (TPSA) is 17.1 Å². The number of aldehydes is 1. The van der Waals surface area contributed by atoms with Crippen molar-refractivity contribution in [3.05, 3.63) is 11.6 Å². The molecule has 0 saturated heterocycles. The lowest BCUT2D eigenvalue weighted by Crippen LogP contribution is -1.84. The summed E-state index contributed by atoms with van der Waals surface area (Å²) in [7, 11) is 0. The van der Waals surface area contributed by atoms with E-state index in [9.17, 15) is 4.79 Å². The van der Waals surface area contributed by atoms with E-state index < -0.39 is 0 Å². The Hall–Kier alpha value is -0.590. The van der Waals surface area contributed by atoms with Crippen LogP contribution in [0, 0.1) is 0 Å². The van der Waals surface area contributed by atoms with Gasteiger partial charge in [0.05, 0.1) is 0 Å². The first-order valence-electron chi connectivity index (χ1n) is 9.92. The highest BCUT2D eigenvalue weighted by atomic mass is 16.1. The van der Waals surface area contributed by atoms with Crippen molar-refractivity contribution in [3.8, 4) is 0 Å². The van der Waals surface area contributed by atoms with Crippen molar-refractivity contribution in [3.63, 3.8) is 0 Å². The van der Waals surface area contributed by atoms with E-state index in [1.165, 1.54) is 102 Å². The van der Waals surface area contributed by atoms with E-state index in [-0.39, 0.29) is 0 Å². The molecule has 0 spiro atoms. The van der Waals surface area contributed by atoms with Crippen molar-refractivity contribution >= 4 is 6.29 Å². The summed E-state index contributed by atoms with van der Waals surface area (Å²) in [5.41, 5.74) is 1.23. The fourth-order valence-corrected chi connectivity index (χ4v) is 2.97. The van der Waals surface area contributed by atoms with Crippen molar-refractivity contribution in [1.29, 1.82) is 0 Å². The second-order valence-corrected chi connectivity index (χ2v) is 6.85. The predicted octanol–water partition coefficient (Wildman–Crippen LogP) is 7.39. The predicted molar refractivity (Wildman–Crippen MR) is 99.4 cm³/mol. The van der Waals surface area contributed by atoms with Crippen LogP contribution < -0.4 is 0 Å². The lowest BCUT2D eigenvalue weighted by molar-refractivity contribution is -0.104. The van der Waals surface area contributed by atoms with Crippen LogP contribution in [-0.4, -0.2) is 6.29 Å². The van der Waals surface area contributed by atoms with E-state index in [2.05, 4.69) is 13.8 Å². The molecule has 0 atom stereocenters. The third-order valence-corrected chi connectivity index (χ3v) is 4.53. The molecule has 0 amide bonds. The van der Waals surface area contributed by atoms with Gasteiger partial charge >= 0.3 is 0 Å². The van der Waals surface area contributed by atoms with Gasteiger partial charge in [-0.25, -0.2) is 0 Å². The van der Waals surface area contributed by atoms with E-state index in [1.54, 1.807) is 6.08 Å². The Morgan fingerprint density at radius 3 is 1.36 bits per heavy atom. The maximum atomic E-state index is 10.3. The van der Waals surface area contributed by atoms with Gasteiger partial charge in [0.1, 0.15) is 6.29 Å². The molecule has 0 aromatic rings. The third-order valence-electron chi connectivity index (χ3n) is 4.53. The minimum atomic E-state index is 0.903. The average molecular weight is 309 g/mol. The van der Waals surface area contributed by atoms with Crippen LogP contribution in [-0.2, 0) is 4.79 Å². The minimum absolute atomic E-state index is 0.903. The number of hydrogen-bond acceptors (Lipinski definition) is 1. The summed E-state index contributed by atoms with van der Waals surface area (Å²) in [6.07, 6.45) is 24.8. The molecule has 0 N–H and O–H groups in total. The van der Waals surface area contributed by atoms with Crippen LogP contribution in [0.15, 0.2) is 11.6 Å². The standard InChI is InChI=1S/C21H40O/c1-3-4-5-6-7-8-9-10-11-12-13-14-15-16-17-18-21(2)19-20-22/h19-20H,3-18H2,1-2H3. The highest BCUT2D eigenvalue weighted by molar-refractivity contribution is 5.65. The van der Waals surface area contributed by atoms with Gasteiger partial charge in [-0.1, -0.05) is 102 Å². The molecule has 0 aliphatic carbocycles. The Labute approximate surface area is 140 Å². The van der Waals surface area contributed by atoms with Gasteiger partial charge in [-0.15, -0.1) is 0 Å². The van der Waals surface area contributed by atoms with Gasteiger partial charge in [0, 0.05) is 0 Å². The molecule has 0 unspecified atom stereocenters. The number of hydrogen-bond donors (Lipinski definition) is 0. The van der Waals surface area contributed by atoms with Crippen LogP contribution in [0.3, 0.4) is 0 Å². The summed E-state index contributed by atoms with van der Waals surface area (Å²) in [5.74, 6) is 0. The highest BCUT2D eigenvalue weighted by Crippen LogP contribution is 2.14. The van der Waals surface area contributed by atoms with Gasteiger partial charge in [0.25, 0.3) is 0 Å². The number of carbonyl (C=O) groups excluding carboxylic acids is 1. The van der Waals surface area contributed by atoms with Crippen LogP contribution in [0.4, 0.5) is 0 Å². The van der Waals surface area contributed by atoms with E-state index in [0.717, 1.165) is 12.7 Å². The zero-order valence-corrected chi connectivity index (χ0v) is 15.4. The maximum Gasteiger partial charge on any atom is 0.142 e. The Kier molecular flexibility index (Phi) is 18.0. The zero-order valence-electron chi connectivity index (χ0n) is 15.4. The van der Waals surface area contributed by atoms with E-state index in [4.69, 9.17) is 0 Å². The first-order chi connectivity index (χ1) is 10.8. The smallest absolute Gasteiger partial charge is 0.142 e. The normalized spacial score (nSPS) is 11.8. The molecule has 0 aliphatic heterocycles. The minimum Gasteiger partial charge on any atom is -0.299 e. The van der Waals surface area contributed by atoms with Crippen molar-refractivity contribution < 1.29 is 4.79 Å². The van der Waals surface area contributed by atoms with Gasteiger partial charge in [-0.3, -0.25) is 4.79 Å². The molecule has 0 heterocycles. The van der Waals surface area contributed by atoms with Gasteiger partial charge in [0.2, 0.25) is 0 Å². The van der Waals surface area contributed by atoms with Gasteiger partial charge in [0.15, 0.2) is 0 Å². The zero-order chi connectivity index (χ0) is 16.3. The third kappa shape index (κ3) is 17.5. The molecular weight excluding hydrogens is 268 g/mol. The maximum absolute atomic E-state index is 10.3. The van der Waals surface area contributed by atoms with Gasteiger partial charge in [-0.05, 0) is 25.8 Å². The van der Waals surface area contributed by atoms with E-state index in [0.29, 0.717) is 0 Å². The second kappa shape index (κ2) is 18.5. The molecule has 22 heavy (non-hydrogen) atoms. The summed E-state index contributed by atoms with van der Waals surface area (Å²) in [5, 5.41) is 0. The molecule has 0 bridgehead atoms. The van der Waals surface area contributed by atoms with E-state index >= 15 is 0 Å². The van der Waals surface area contributed by atoms with Crippen molar-refractivity contribution in [1.82, 2.24) is 0 Å². The Morgan fingerprint density at radius 2 is 1.00 bits per heavy atom. The van der Waals surface area contributed by atoms with Crippen LogP contribution >= 0.6 is 0 Å². The lowest BCUT2D eigenvalue weighted by atomic mass is 10.0. The molecule has 0 saturated carbocycles. The molecule has 1 nitrogen and oxygen atoms in total. The molecule has 0 aromatic heterocycles. The van der Waals surface area contributed by atoms with Crippen LogP contribution in [0.25, 0.3) is 0 Å². The second-order valence-electron chi connectivity index (χ2n) is 6.85. The van der Waals surface area contributed by atoms with Crippen molar-refractivity contribution in [2.45, 2.75) is 117 Å². The number of unbranched alkanes of at least 4 members (excludes halogenated alkanes) is 14. The number of rotatable bonds is 17. The average Bonchev–Trinajstić information content (AvgIpc) is 2.51. The SMILES string of the molecule is CCCCCCCCCCCCCCCCCC(C)=CC=O. The monoisotopic (exact) mass is 308 g/mol. The lowest BCUT2D eigenvalue weighted by Gasteiger charge is -2.03.